The summed E-state index contributed by atoms with van der Waals surface area (Å²) in [6.07, 6.45) is 3.79. The molecule has 154 valence electrons. The van der Waals surface area contributed by atoms with Crippen LogP contribution < -0.4 is 10.2 Å². The lowest BCUT2D eigenvalue weighted by Gasteiger charge is -2.29. The van der Waals surface area contributed by atoms with Crippen LogP contribution in [-0.4, -0.2) is 14.7 Å². The molecule has 1 aliphatic rings. The molecule has 0 spiro atoms. The summed E-state index contributed by atoms with van der Waals surface area (Å²) in [5.41, 5.74) is 4.53. The summed E-state index contributed by atoms with van der Waals surface area (Å²) in [5, 5.41) is 3.86. The van der Waals surface area contributed by atoms with E-state index >= 15 is 0 Å². The van der Waals surface area contributed by atoms with Gasteiger partial charge in [-0.2, -0.15) is 0 Å². The fourth-order valence-corrected chi connectivity index (χ4v) is 4.48. The third kappa shape index (κ3) is 3.49. The van der Waals surface area contributed by atoms with Crippen molar-refractivity contribution in [1.82, 2.24) is 14.9 Å². The van der Waals surface area contributed by atoms with Gasteiger partial charge < -0.3 is 14.8 Å². The smallest absolute Gasteiger partial charge is 0.174 e. The van der Waals surface area contributed by atoms with Crippen LogP contribution in [0.15, 0.2) is 91.3 Å². The van der Waals surface area contributed by atoms with E-state index in [1.54, 1.807) is 18.3 Å². The molecule has 1 saturated heterocycles. The Morgan fingerprint density at radius 2 is 1.71 bits per heavy atom. The number of aryl methyl sites for hydroxylation is 1. The zero-order valence-electron chi connectivity index (χ0n) is 16.9. The van der Waals surface area contributed by atoms with Crippen LogP contribution in [0.1, 0.15) is 29.0 Å². The molecule has 2 aromatic heterocycles. The van der Waals surface area contributed by atoms with Gasteiger partial charge >= 0.3 is 0 Å². The average Bonchev–Trinajstić information content (AvgIpc) is 3.40. The van der Waals surface area contributed by atoms with E-state index in [1.165, 1.54) is 11.6 Å². The number of aromatic nitrogens is 2. The van der Waals surface area contributed by atoms with E-state index < -0.39 is 0 Å². The van der Waals surface area contributed by atoms with Gasteiger partial charge in [0, 0.05) is 23.8 Å². The van der Waals surface area contributed by atoms with E-state index in [1.807, 2.05) is 41.4 Å². The average molecular weight is 429 g/mol. The summed E-state index contributed by atoms with van der Waals surface area (Å²) in [5.74, 6) is -0.313. The molecule has 31 heavy (non-hydrogen) atoms. The third-order valence-electron chi connectivity index (χ3n) is 5.61. The van der Waals surface area contributed by atoms with Crippen molar-refractivity contribution in [1.29, 1.82) is 0 Å². The first-order chi connectivity index (χ1) is 15.1. The molecular formula is C25H21FN4S. The lowest BCUT2D eigenvalue weighted by molar-refractivity contribution is 0.542. The Bertz CT molecular complexity index is 1220. The standard InChI is InChI=1S/C25H21FN4S/c1-17-11-13-18(14-12-17)29-16-6-10-22(29)24-23(20-8-4-5-15-27-20)28-25(31)30(24)21-9-3-2-7-19(21)26/h2-16,23-24H,1H3,(H,28,31)/t23-,24-/m0/s1. The molecule has 0 radical (unpaired) electrons. The molecule has 1 fully saturated rings. The highest BCUT2D eigenvalue weighted by Gasteiger charge is 2.42. The highest BCUT2D eigenvalue weighted by Crippen LogP contribution is 2.42. The normalized spacial score (nSPS) is 18.3. The van der Waals surface area contributed by atoms with Gasteiger partial charge in [-0.3, -0.25) is 4.98 Å². The van der Waals surface area contributed by atoms with Crippen LogP contribution in [0.25, 0.3) is 5.69 Å². The summed E-state index contributed by atoms with van der Waals surface area (Å²) in [6.45, 7) is 2.07. The predicted octanol–water partition coefficient (Wildman–Crippen LogP) is 5.50. The lowest BCUT2D eigenvalue weighted by Crippen LogP contribution is -2.31. The van der Waals surface area contributed by atoms with E-state index in [0.29, 0.717) is 10.8 Å². The fourth-order valence-electron chi connectivity index (χ4n) is 4.14. The topological polar surface area (TPSA) is 33.1 Å². The molecule has 4 nitrogen and oxygen atoms in total. The molecule has 1 N–H and O–H groups in total. The second-order valence-electron chi connectivity index (χ2n) is 7.59. The van der Waals surface area contributed by atoms with Crippen LogP contribution >= 0.6 is 12.2 Å². The zero-order chi connectivity index (χ0) is 21.4. The maximum absolute atomic E-state index is 14.9. The van der Waals surface area contributed by atoms with Gasteiger partial charge in [-0.15, -0.1) is 0 Å². The number of nitrogens with zero attached hydrogens (tertiary/aromatic N) is 3. The monoisotopic (exact) mass is 428 g/mol. The highest BCUT2D eigenvalue weighted by molar-refractivity contribution is 7.80. The summed E-state index contributed by atoms with van der Waals surface area (Å²) in [7, 11) is 0. The minimum atomic E-state index is -0.313. The molecule has 2 aromatic carbocycles. The van der Waals surface area contributed by atoms with Crippen molar-refractivity contribution in [2.45, 2.75) is 19.0 Å². The van der Waals surface area contributed by atoms with Gasteiger partial charge in [0.15, 0.2) is 5.11 Å². The maximum atomic E-state index is 14.9. The van der Waals surface area contributed by atoms with E-state index in [-0.39, 0.29) is 17.9 Å². The number of hydrogen-bond acceptors (Lipinski definition) is 2. The third-order valence-corrected chi connectivity index (χ3v) is 5.92. The van der Waals surface area contributed by atoms with Crippen LogP contribution in [0.3, 0.4) is 0 Å². The fraction of sp³-hybridized carbons (Fsp3) is 0.120. The number of pyridine rings is 1. The number of anilines is 1. The second kappa shape index (κ2) is 7.96. The van der Waals surface area contributed by atoms with Crippen LogP contribution in [0.2, 0.25) is 0 Å². The largest absolute Gasteiger partial charge is 0.351 e. The molecular weight excluding hydrogens is 407 g/mol. The van der Waals surface area contributed by atoms with Crippen molar-refractivity contribution in [2.24, 2.45) is 0 Å². The Morgan fingerprint density at radius 3 is 2.45 bits per heavy atom. The van der Waals surface area contributed by atoms with Crippen molar-refractivity contribution >= 4 is 23.0 Å². The molecule has 0 bridgehead atoms. The lowest BCUT2D eigenvalue weighted by atomic mass is 10.0. The Hall–Kier alpha value is -3.51. The predicted molar refractivity (Wildman–Crippen MR) is 125 cm³/mol. The van der Waals surface area contributed by atoms with Crippen molar-refractivity contribution < 1.29 is 4.39 Å². The SMILES string of the molecule is Cc1ccc(-n2cccc2[C@H]2[C@H](c3ccccn3)NC(=S)N2c2ccccc2F)cc1. The van der Waals surface area contributed by atoms with Gasteiger partial charge in [-0.1, -0.05) is 35.9 Å². The van der Waals surface area contributed by atoms with Crippen molar-refractivity contribution in [3.63, 3.8) is 0 Å². The Kier molecular flexibility index (Phi) is 5.00. The number of rotatable bonds is 4. The maximum Gasteiger partial charge on any atom is 0.174 e. The van der Waals surface area contributed by atoms with Gasteiger partial charge in [0.1, 0.15) is 11.9 Å². The number of benzene rings is 2. The Morgan fingerprint density at radius 1 is 0.935 bits per heavy atom. The Labute approximate surface area is 186 Å². The number of thiocarbonyl (C=S) groups is 1. The number of nitrogens with one attached hydrogen (secondary N) is 1. The molecule has 0 aliphatic carbocycles. The van der Waals surface area contributed by atoms with E-state index in [2.05, 4.69) is 52.1 Å². The van der Waals surface area contributed by atoms with Crippen LogP contribution in [0.5, 0.6) is 0 Å². The van der Waals surface area contributed by atoms with E-state index in [9.17, 15) is 4.39 Å². The van der Waals surface area contributed by atoms with Gasteiger partial charge in [0.25, 0.3) is 0 Å². The zero-order valence-corrected chi connectivity index (χ0v) is 17.8. The molecule has 3 heterocycles. The van der Waals surface area contributed by atoms with Gasteiger partial charge in [-0.05, 0) is 67.7 Å². The minimum absolute atomic E-state index is 0.229. The van der Waals surface area contributed by atoms with Crippen molar-refractivity contribution in [3.05, 3.63) is 114 Å². The first kappa shape index (κ1) is 19.5. The van der Waals surface area contributed by atoms with Crippen molar-refractivity contribution in [3.8, 4) is 5.69 Å². The highest BCUT2D eigenvalue weighted by atomic mass is 32.1. The first-order valence-electron chi connectivity index (χ1n) is 10.1. The molecule has 4 aromatic rings. The van der Waals surface area contributed by atoms with E-state index in [4.69, 9.17) is 12.2 Å². The van der Waals surface area contributed by atoms with Gasteiger partial charge in [0.05, 0.1) is 17.4 Å². The number of hydrogen-bond donors (Lipinski definition) is 1. The molecule has 0 unspecified atom stereocenters. The van der Waals surface area contributed by atoms with Gasteiger partial charge in [-0.25, -0.2) is 4.39 Å². The molecule has 5 rings (SSSR count). The first-order valence-corrected chi connectivity index (χ1v) is 10.5. The number of para-hydroxylation sites is 1. The molecule has 2 atom stereocenters. The second-order valence-corrected chi connectivity index (χ2v) is 7.97. The minimum Gasteiger partial charge on any atom is -0.351 e. The van der Waals surface area contributed by atoms with Crippen LogP contribution in [0.4, 0.5) is 10.1 Å². The van der Waals surface area contributed by atoms with Crippen molar-refractivity contribution in [2.75, 3.05) is 4.90 Å². The molecule has 6 heteroatoms. The molecule has 0 saturated carbocycles. The molecule has 0 amide bonds. The Balaban J connectivity index is 1.68. The summed E-state index contributed by atoms with van der Waals surface area (Å²) >= 11 is 5.70. The van der Waals surface area contributed by atoms with Crippen LogP contribution in [0, 0.1) is 12.7 Å². The number of halogens is 1. The quantitative estimate of drug-likeness (QED) is 0.435. The van der Waals surface area contributed by atoms with Crippen LogP contribution in [-0.2, 0) is 0 Å². The summed E-state index contributed by atoms with van der Waals surface area (Å²) < 4.78 is 17.0. The van der Waals surface area contributed by atoms with Gasteiger partial charge in [0.2, 0.25) is 0 Å². The van der Waals surface area contributed by atoms with E-state index in [0.717, 1.165) is 17.1 Å². The summed E-state index contributed by atoms with van der Waals surface area (Å²) in [4.78, 5) is 6.43. The summed E-state index contributed by atoms with van der Waals surface area (Å²) in [6, 6.07) is 24.4. The molecule has 1 aliphatic heterocycles.